The van der Waals surface area contributed by atoms with Gasteiger partial charge in [0.15, 0.2) is 18.1 Å². The highest BCUT2D eigenvalue weighted by Crippen LogP contribution is 2.33. The molecule has 0 saturated carbocycles. The van der Waals surface area contributed by atoms with E-state index in [0.29, 0.717) is 52.8 Å². The van der Waals surface area contributed by atoms with E-state index in [4.69, 9.17) is 23.7 Å². The first-order chi connectivity index (χ1) is 20.4. The molecule has 11 heteroatoms. The number of nitrogens with one attached hydrogen (secondary N) is 2. The number of carbonyl (C=O) groups excluding carboxylic acids is 3. The highest BCUT2D eigenvalue weighted by molar-refractivity contribution is 5.96. The Kier molecular flexibility index (Phi) is 7.47. The third kappa shape index (κ3) is 5.63. The Morgan fingerprint density at radius 1 is 0.976 bits per heavy atom. The van der Waals surface area contributed by atoms with Crippen LogP contribution in [0.5, 0.6) is 28.7 Å². The second-order valence-corrected chi connectivity index (χ2v) is 10.4. The Balaban J connectivity index is 1.30. The topological polar surface area (TPSA) is 125 Å². The monoisotopic (exact) mass is 573 g/mol. The molecule has 11 nitrogen and oxygen atoms in total. The van der Waals surface area contributed by atoms with Gasteiger partial charge in [-0.05, 0) is 55.0 Å². The van der Waals surface area contributed by atoms with Crippen LogP contribution < -0.4 is 34.3 Å². The molecule has 0 aromatic heterocycles. The van der Waals surface area contributed by atoms with Crippen LogP contribution >= 0.6 is 0 Å². The number of likely N-dealkylation sites (tertiary alicyclic amines) is 1. The molecule has 3 aromatic carbocycles. The molecule has 7 rings (SSSR count). The number of nitrogens with zero attached hydrogens (tertiary/aromatic N) is 1. The summed E-state index contributed by atoms with van der Waals surface area (Å²) in [6, 6.07) is 15.0. The molecule has 3 amide bonds. The van der Waals surface area contributed by atoms with E-state index in [-0.39, 0.29) is 44.2 Å². The van der Waals surface area contributed by atoms with Crippen LogP contribution in [-0.2, 0) is 11.3 Å². The minimum absolute atomic E-state index is 0.119. The van der Waals surface area contributed by atoms with Gasteiger partial charge in [0.05, 0.1) is 13.2 Å². The first kappa shape index (κ1) is 27.3. The van der Waals surface area contributed by atoms with Gasteiger partial charge < -0.3 is 39.2 Å². The number of fused-ring (bicyclic) bond motifs is 8. The third-order valence-corrected chi connectivity index (χ3v) is 7.60. The molecule has 0 unspecified atom stereocenters. The average Bonchev–Trinajstić information content (AvgIpc) is 3.48. The summed E-state index contributed by atoms with van der Waals surface area (Å²) in [5.41, 5.74) is 2.39. The summed E-state index contributed by atoms with van der Waals surface area (Å²) in [5, 5.41) is 5.91. The minimum Gasteiger partial charge on any atom is -0.496 e. The summed E-state index contributed by atoms with van der Waals surface area (Å²) >= 11 is 0. The molecule has 2 N–H and O–H groups in total. The molecule has 3 aromatic rings. The van der Waals surface area contributed by atoms with E-state index in [1.165, 1.54) is 0 Å². The predicted octanol–water partition coefficient (Wildman–Crippen LogP) is 2.83. The molecular formula is C31H31N3O8. The van der Waals surface area contributed by atoms with Gasteiger partial charge in [-0.15, -0.1) is 0 Å². The zero-order chi connectivity index (χ0) is 29.2. The summed E-state index contributed by atoms with van der Waals surface area (Å²) in [6.45, 7) is 2.65. The SMILES string of the molecule is COc1cc2ccc1CNC(=O)COc1cc(ccc1C)C(=O)N[C@H]1CN(C(=O)c3ccc4c(c3)OCO4)CC[C@H]1O2. The van der Waals surface area contributed by atoms with Crippen molar-refractivity contribution in [3.63, 3.8) is 0 Å². The van der Waals surface area contributed by atoms with Crippen molar-refractivity contribution >= 4 is 17.7 Å². The Bertz CT molecular complexity index is 1540. The zero-order valence-corrected chi connectivity index (χ0v) is 23.3. The van der Waals surface area contributed by atoms with Crippen molar-refractivity contribution in [3.8, 4) is 28.7 Å². The lowest BCUT2D eigenvalue weighted by atomic mass is 9.99. The second kappa shape index (κ2) is 11.5. The number of hydrogen-bond donors (Lipinski definition) is 2. The number of piperidine rings is 1. The number of ether oxygens (including phenoxy) is 5. The second-order valence-electron chi connectivity index (χ2n) is 10.4. The van der Waals surface area contributed by atoms with Gasteiger partial charge in [0, 0.05) is 48.8 Å². The number of rotatable bonds is 2. The molecule has 1 fully saturated rings. The van der Waals surface area contributed by atoms with Gasteiger partial charge in [-0.25, -0.2) is 0 Å². The lowest BCUT2D eigenvalue weighted by Crippen LogP contribution is -2.58. The van der Waals surface area contributed by atoms with Crippen molar-refractivity contribution in [1.29, 1.82) is 0 Å². The van der Waals surface area contributed by atoms with E-state index in [1.807, 2.05) is 13.0 Å². The lowest BCUT2D eigenvalue weighted by molar-refractivity contribution is -0.123. The first-order valence-electron chi connectivity index (χ1n) is 13.7. The van der Waals surface area contributed by atoms with Crippen molar-refractivity contribution in [2.24, 2.45) is 0 Å². The van der Waals surface area contributed by atoms with Gasteiger partial charge in [0.25, 0.3) is 17.7 Å². The van der Waals surface area contributed by atoms with Crippen LogP contribution in [0.4, 0.5) is 0 Å². The third-order valence-electron chi connectivity index (χ3n) is 7.60. The van der Waals surface area contributed by atoms with Crippen LogP contribution in [-0.4, -0.2) is 68.4 Å². The molecule has 42 heavy (non-hydrogen) atoms. The van der Waals surface area contributed by atoms with Crippen molar-refractivity contribution in [2.75, 3.05) is 33.6 Å². The smallest absolute Gasteiger partial charge is 0.258 e. The number of methoxy groups -OCH3 is 1. The summed E-state index contributed by atoms with van der Waals surface area (Å²) in [7, 11) is 1.55. The zero-order valence-electron chi connectivity index (χ0n) is 23.3. The average molecular weight is 574 g/mol. The van der Waals surface area contributed by atoms with Crippen LogP contribution in [0.15, 0.2) is 54.6 Å². The fourth-order valence-corrected chi connectivity index (χ4v) is 5.26. The maximum absolute atomic E-state index is 13.5. The van der Waals surface area contributed by atoms with E-state index < -0.39 is 12.1 Å². The van der Waals surface area contributed by atoms with Crippen molar-refractivity contribution in [3.05, 3.63) is 76.9 Å². The lowest BCUT2D eigenvalue weighted by Gasteiger charge is -2.39. The highest BCUT2D eigenvalue weighted by atomic mass is 16.7. The summed E-state index contributed by atoms with van der Waals surface area (Å²) in [5.74, 6) is 1.82. The van der Waals surface area contributed by atoms with Crippen LogP contribution in [0.2, 0.25) is 0 Å². The quantitative estimate of drug-likeness (QED) is 0.480. The van der Waals surface area contributed by atoms with E-state index in [0.717, 1.165) is 11.1 Å². The van der Waals surface area contributed by atoms with Crippen molar-refractivity contribution in [1.82, 2.24) is 15.5 Å². The Labute approximate surface area is 242 Å². The van der Waals surface area contributed by atoms with Gasteiger partial charge in [-0.1, -0.05) is 6.07 Å². The Morgan fingerprint density at radius 3 is 2.69 bits per heavy atom. The summed E-state index contributed by atoms with van der Waals surface area (Å²) in [6.07, 6.45) is 0.0470. The molecule has 4 heterocycles. The van der Waals surface area contributed by atoms with Gasteiger partial charge in [0.2, 0.25) is 6.79 Å². The van der Waals surface area contributed by atoms with E-state index in [2.05, 4.69) is 10.6 Å². The van der Waals surface area contributed by atoms with E-state index in [9.17, 15) is 14.4 Å². The standard InChI is InChI=1S/C31H31N3O8/c1-18-3-4-19-11-26(18)39-16-29(35)32-14-21-5-7-22(13-27(21)38-2)42-24-9-10-34(15-23(24)33-30(19)36)31(37)20-6-8-25-28(12-20)41-17-40-25/h3-8,11-13,23-24H,9-10,14-17H2,1-2H3,(H,32,35)(H,33,36)/t23-,24+/m0/s1. The molecular weight excluding hydrogens is 542 g/mol. The normalized spacial score (nSPS) is 19.9. The molecule has 2 atom stereocenters. The number of benzene rings is 3. The Morgan fingerprint density at radius 2 is 1.83 bits per heavy atom. The van der Waals surface area contributed by atoms with Crippen LogP contribution in [0.25, 0.3) is 0 Å². The van der Waals surface area contributed by atoms with Gasteiger partial charge in [0.1, 0.15) is 23.4 Å². The van der Waals surface area contributed by atoms with E-state index in [1.54, 1.807) is 60.5 Å². The fourth-order valence-electron chi connectivity index (χ4n) is 5.26. The van der Waals surface area contributed by atoms with Gasteiger partial charge in [-0.3, -0.25) is 14.4 Å². The molecule has 0 aliphatic carbocycles. The number of hydrogen-bond acceptors (Lipinski definition) is 8. The van der Waals surface area contributed by atoms with Crippen molar-refractivity contribution < 1.29 is 38.1 Å². The largest absolute Gasteiger partial charge is 0.496 e. The summed E-state index contributed by atoms with van der Waals surface area (Å²) in [4.78, 5) is 41.2. The molecule has 1 saturated heterocycles. The fraction of sp³-hybridized carbons (Fsp3) is 0.323. The molecule has 4 bridgehead atoms. The van der Waals surface area contributed by atoms with E-state index >= 15 is 0 Å². The minimum atomic E-state index is -0.528. The first-order valence-corrected chi connectivity index (χ1v) is 13.7. The molecule has 0 spiro atoms. The van der Waals surface area contributed by atoms with Gasteiger partial charge in [-0.2, -0.15) is 0 Å². The molecule has 4 aliphatic rings. The Hall–Kier alpha value is -4.93. The van der Waals surface area contributed by atoms with Gasteiger partial charge >= 0.3 is 0 Å². The van der Waals surface area contributed by atoms with Crippen LogP contribution in [0, 0.1) is 6.92 Å². The van der Waals surface area contributed by atoms with Crippen molar-refractivity contribution in [2.45, 2.75) is 32.0 Å². The molecule has 218 valence electrons. The highest BCUT2D eigenvalue weighted by Gasteiger charge is 2.35. The maximum atomic E-state index is 13.5. The maximum Gasteiger partial charge on any atom is 0.258 e. The van der Waals surface area contributed by atoms with Crippen LogP contribution in [0.3, 0.4) is 0 Å². The number of amides is 3. The van der Waals surface area contributed by atoms with Crippen LogP contribution in [0.1, 0.15) is 38.3 Å². The molecule has 0 radical (unpaired) electrons. The predicted molar refractivity (Wildman–Crippen MR) is 150 cm³/mol. The number of carbonyl (C=O) groups is 3. The summed E-state index contributed by atoms with van der Waals surface area (Å²) < 4.78 is 28.5. The molecule has 4 aliphatic heterocycles. The number of aryl methyl sites for hydroxylation is 1.